The number of hydrogen-bond donors (Lipinski definition) is 2. The maximum atomic E-state index is 13.7. The zero-order valence-corrected chi connectivity index (χ0v) is 20.8. The highest BCUT2D eigenvalue weighted by molar-refractivity contribution is 7.62. The van der Waals surface area contributed by atoms with E-state index in [0.29, 0.717) is 5.56 Å². The molecular formula is C27H29FNO5P. The molecule has 35 heavy (non-hydrogen) atoms. The molecule has 3 aromatic rings. The van der Waals surface area contributed by atoms with E-state index < -0.39 is 25.9 Å². The number of nitrogens with zero attached hydrogens (tertiary/aromatic N) is 1. The van der Waals surface area contributed by atoms with Crippen molar-refractivity contribution in [2.24, 2.45) is 0 Å². The summed E-state index contributed by atoms with van der Waals surface area (Å²) >= 11 is 0. The van der Waals surface area contributed by atoms with Crippen LogP contribution in [-0.4, -0.2) is 40.5 Å². The molecule has 8 heteroatoms. The topological polar surface area (TPSA) is 96.7 Å². The fraction of sp³-hybridized carbons (Fsp3) is 0.259. The smallest absolute Gasteiger partial charge is 0.305 e. The maximum absolute atomic E-state index is 13.7. The van der Waals surface area contributed by atoms with E-state index >= 15 is 0 Å². The third-order valence-corrected chi connectivity index (χ3v) is 7.66. The zero-order valence-electron chi connectivity index (χ0n) is 19.9. The van der Waals surface area contributed by atoms with Crippen LogP contribution in [0.5, 0.6) is 0 Å². The van der Waals surface area contributed by atoms with Gasteiger partial charge in [0, 0.05) is 24.1 Å². The van der Waals surface area contributed by atoms with Crippen LogP contribution in [0.4, 0.5) is 4.39 Å². The van der Waals surface area contributed by atoms with Gasteiger partial charge >= 0.3 is 5.97 Å². The van der Waals surface area contributed by atoms with Gasteiger partial charge < -0.3 is 14.7 Å². The minimum Gasteiger partial charge on any atom is -0.481 e. The molecule has 0 aliphatic carbocycles. The summed E-state index contributed by atoms with van der Waals surface area (Å²) in [5, 5.41) is 18.9. The Bertz CT molecular complexity index is 1240. The van der Waals surface area contributed by atoms with Gasteiger partial charge in [-0.15, -0.1) is 0 Å². The normalized spacial score (nSPS) is 14.2. The van der Waals surface area contributed by atoms with Crippen molar-refractivity contribution < 1.29 is 28.5 Å². The second-order valence-corrected chi connectivity index (χ2v) is 11.0. The van der Waals surface area contributed by atoms with Crippen molar-refractivity contribution >= 4 is 19.4 Å². The minimum atomic E-state index is -3.50. The van der Waals surface area contributed by atoms with E-state index in [-0.39, 0.29) is 17.9 Å². The van der Waals surface area contributed by atoms with Crippen molar-refractivity contribution in [2.75, 3.05) is 13.3 Å². The summed E-state index contributed by atoms with van der Waals surface area (Å²) in [6.45, 7) is 3.99. The first kappa shape index (κ1) is 26.5. The predicted molar refractivity (Wildman–Crippen MR) is 136 cm³/mol. The molecule has 0 radical (unpaired) electrons. The molecule has 1 aromatic heterocycles. The second kappa shape index (κ2) is 11.5. The third-order valence-electron chi connectivity index (χ3n) is 5.51. The van der Waals surface area contributed by atoms with Gasteiger partial charge in [-0.1, -0.05) is 56.3 Å². The van der Waals surface area contributed by atoms with Crippen molar-refractivity contribution in [3.05, 3.63) is 83.6 Å². The summed E-state index contributed by atoms with van der Waals surface area (Å²) in [4.78, 5) is 15.8. The number of pyridine rings is 1. The van der Waals surface area contributed by atoms with Gasteiger partial charge in [0.2, 0.25) is 7.37 Å². The van der Waals surface area contributed by atoms with E-state index in [0.717, 1.165) is 28.1 Å². The summed E-state index contributed by atoms with van der Waals surface area (Å²) < 4.78 is 32.2. The number of benzene rings is 2. The average Bonchev–Trinajstić information content (AvgIpc) is 2.82. The first-order valence-corrected chi connectivity index (χ1v) is 13.1. The maximum Gasteiger partial charge on any atom is 0.305 e. The molecule has 0 saturated heterocycles. The van der Waals surface area contributed by atoms with E-state index in [1.54, 1.807) is 18.2 Å². The van der Waals surface area contributed by atoms with Crippen molar-refractivity contribution in [1.82, 2.24) is 4.98 Å². The van der Waals surface area contributed by atoms with Crippen LogP contribution in [0.2, 0.25) is 0 Å². The second-order valence-electron chi connectivity index (χ2n) is 8.54. The lowest BCUT2D eigenvalue weighted by Gasteiger charge is -2.19. The monoisotopic (exact) mass is 497 g/mol. The highest BCUT2D eigenvalue weighted by Gasteiger charge is 2.25. The van der Waals surface area contributed by atoms with Crippen LogP contribution in [0.3, 0.4) is 0 Å². The number of aliphatic carboxylic acids is 1. The lowest BCUT2D eigenvalue weighted by molar-refractivity contribution is -0.138. The third kappa shape index (κ3) is 6.95. The van der Waals surface area contributed by atoms with Crippen LogP contribution < -0.4 is 0 Å². The Morgan fingerprint density at radius 1 is 1.11 bits per heavy atom. The predicted octanol–water partition coefficient (Wildman–Crippen LogP) is 6.41. The van der Waals surface area contributed by atoms with E-state index in [1.807, 2.05) is 50.2 Å². The molecule has 2 atom stereocenters. The molecule has 0 fully saturated rings. The number of rotatable bonds is 10. The van der Waals surface area contributed by atoms with Gasteiger partial charge in [-0.3, -0.25) is 14.3 Å². The fourth-order valence-corrected chi connectivity index (χ4v) is 5.24. The number of carbonyl (C=O) groups is 1. The highest BCUT2D eigenvalue weighted by atomic mass is 31.2. The van der Waals surface area contributed by atoms with Gasteiger partial charge in [-0.25, -0.2) is 4.39 Å². The summed E-state index contributed by atoms with van der Waals surface area (Å²) in [6, 6.07) is 17.7. The van der Waals surface area contributed by atoms with E-state index in [4.69, 9.17) is 14.6 Å². The number of carboxylic acid groups (broad SMARTS) is 1. The zero-order chi connectivity index (χ0) is 25.6. The Hall–Kier alpha value is -3.12. The molecule has 2 N–H and O–H groups in total. The number of aliphatic hydroxyl groups excluding tert-OH is 1. The van der Waals surface area contributed by atoms with Crippen LogP contribution in [0.25, 0.3) is 28.5 Å². The first-order valence-electron chi connectivity index (χ1n) is 11.2. The van der Waals surface area contributed by atoms with Crippen molar-refractivity contribution in [2.45, 2.75) is 32.3 Å². The Labute approximate surface area is 204 Å². The van der Waals surface area contributed by atoms with Crippen LogP contribution in [0, 0.1) is 5.82 Å². The van der Waals surface area contributed by atoms with Gasteiger partial charge in [0.25, 0.3) is 0 Å². The van der Waals surface area contributed by atoms with Crippen LogP contribution in [-0.2, 0) is 13.9 Å². The number of hydrogen-bond acceptors (Lipinski definition) is 5. The molecule has 1 heterocycles. The van der Waals surface area contributed by atoms with E-state index in [9.17, 15) is 18.9 Å². The van der Waals surface area contributed by atoms with Gasteiger partial charge in [-0.2, -0.15) is 0 Å². The largest absolute Gasteiger partial charge is 0.481 e. The Morgan fingerprint density at radius 2 is 1.77 bits per heavy atom. The van der Waals surface area contributed by atoms with E-state index in [1.165, 1.54) is 25.1 Å². The van der Waals surface area contributed by atoms with Gasteiger partial charge in [-0.05, 0) is 41.3 Å². The van der Waals surface area contributed by atoms with Crippen LogP contribution in [0.1, 0.15) is 37.4 Å². The molecular weight excluding hydrogens is 468 g/mol. The first-order chi connectivity index (χ1) is 16.6. The SMILES string of the molecule is COP(=O)(/C=C/c1c(-c2ccc(F)cc2)cc(-c2ccccc2)nc1C(C)C)C[C@@H](O)CC(=O)O. The number of halogens is 1. The Morgan fingerprint density at radius 3 is 2.34 bits per heavy atom. The Kier molecular flexibility index (Phi) is 8.73. The summed E-state index contributed by atoms with van der Waals surface area (Å²) in [7, 11) is -2.24. The lowest BCUT2D eigenvalue weighted by Crippen LogP contribution is -2.17. The molecule has 0 aliphatic rings. The molecule has 1 unspecified atom stereocenters. The van der Waals surface area contributed by atoms with Crippen molar-refractivity contribution in [3.63, 3.8) is 0 Å². The highest BCUT2D eigenvalue weighted by Crippen LogP contribution is 2.49. The summed E-state index contributed by atoms with van der Waals surface area (Å²) in [5.41, 5.74) is 4.63. The van der Waals surface area contributed by atoms with Crippen LogP contribution >= 0.6 is 7.37 Å². The molecule has 0 amide bonds. The molecule has 0 saturated carbocycles. The quantitative estimate of drug-likeness (QED) is 0.314. The Balaban J connectivity index is 2.17. The van der Waals surface area contributed by atoms with Gasteiger partial charge in [0.05, 0.1) is 30.1 Å². The molecule has 0 spiro atoms. The molecule has 3 rings (SSSR count). The molecule has 0 bridgehead atoms. The summed E-state index contributed by atoms with van der Waals surface area (Å²) in [5.74, 6) is -0.165. The number of aliphatic hydroxyl groups is 1. The average molecular weight is 498 g/mol. The fourth-order valence-electron chi connectivity index (χ4n) is 3.76. The van der Waals surface area contributed by atoms with Crippen LogP contribution in [0.15, 0.2) is 66.5 Å². The van der Waals surface area contributed by atoms with Crippen molar-refractivity contribution in [1.29, 1.82) is 0 Å². The minimum absolute atomic E-state index is 0.00274. The lowest BCUT2D eigenvalue weighted by atomic mass is 9.92. The molecule has 6 nitrogen and oxygen atoms in total. The molecule has 0 aliphatic heterocycles. The van der Waals surface area contributed by atoms with Gasteiger partial charge in [0.1, 0.15) is 5.82 Å². The summed E-state index contributed by atoms with van der Waals surface area (Å²) in [6.07, 6.45) is -0.534. The number of carboxylic acids is 1. The number of aromatic nitrogens is 1. The molecule has 2 aromatic carbocycles. The molecule has 184 valence electrons. The van der Waals surface area contributed by atoms with E-state index in [2.05, 4.69) is 0 Å². The van der Waals surface area contributed by atoms with Gasteiger partial charge in [0.15, 0.2) is 0 Å². The standard InChI is InChI=1S/C27H29FNO5P/c1-18(2)27-23(13-14-35(33,34-3)17-22(30)15-26(31)32)24(19-9-11-21(28)12-10-19)16-25(29-27)20-7-5-4-6-8-20/h4-14,16,18,22,30H,15,17H2,1-3H3,(H,31,32)/b14-13+/t22-,35?/m0/s1. The van der Waals surface area contributed by atoms with Crippen molar-refractivity contribution in [3.8, 4) is 22.4 Å².